The molecule has 0 aliphatic rings. The molecule has 0 radical (unpaired) electrons. The van der Waals surface area contributed by atoms with E-state index in [4.69, 9.17) is 0 Å². The number of phenolic OH excluding ortho intramolecular Hbond substituents is 1. The van der Waals surface area contributed by atoms with Crippen molar-refractivity contribution in [1.29, 1.82) is 0 Å². The van der Waals surface area contributed by atoms with Gasteiger partial charge in [0, 0.05) is 35.4 Å². The molecule has 0 saturated carbocycles. The van der Waals surface area contributed by atoms with Gasteiger partial charge in [0.2, 0.25) is 5.91 Å². The number of hydrogen-bond donors (Lipinski definition) is 2. The molecule has 2 aromatic carbocycles. The summed E-state index contributed by atoms with van der Waals surface area (Å²) in [6.07, 6.45) is 4.79. The van der Waals surface area contributed by atoms with E-state index in [-0.39, 0.29) is 11.7 Å². The maximum atomic E-state index is 12.1. The quantitative estimate of drug-likeness (QED) is 0.554. The molecular formula is C20H17N3O2S. The zero-order valence-electron chi connectivity index (χ0n) is 13.9. The first-order chi connectivity index (χ1) is 12.7. The first-order valence-corrected chi connectivity index (χ1v) is 9.16. The third kappa shape index (κ3) is 3.45. The minimum Gasteiger partial charge on any atom is -0.508 e. The number of fused-ring (bicyclic) bond motifs is 1. The van der Waals surface area contributed by atoms with Crippen molar-refractivity contribution < 1.29 is 9.90 Å². The van der Waals surface area contributed by atoms with E-state index in [0.29, 0.717) is 12.8 Å². The Labute approximate surface area is 154 Å². The number of hydrogen-bond acceptors (Lipinski definition) is 4. The number of benzene rings is 2. The Hall–Kier alpha value is -3.12. The second-order valence-corrected chi connectivity index (χ2v) is 6.85. The number of aromatic hydroxyl groups is 1. The van der Waals surface area contributed by atoms with Gasteiger partial charge in [-0.05, 0) is 30.2 Å². The Kier molecular flexibility index (Phi) is 4.41. The highest BCUT2D eigenvalue weighted by Gasteiger charge is 2.08. The van der Waals surface area contributed by atoms with Crippen LogP contribution in [0.5, 0.6) is 5.75 Å². The Balaban J connectivity index is 1.38. The third-order valence-electron chi connectivity index (χ3n) is 4.17. The van der Waals surface area contributed by atoms with Gasteiger partial charge in [-0.25, -0.2) is 4.98 Å². The molecule has 6 heteroatoms. The van der Waals surface area contributed by atoms with E-state index in [9.17, 15) is 9.90 Å². The van der Waals surface area contributed by atoms with Crippen LogP contribution in [0.4, 0.5) is 5.69 Å². The summed E-state index contributed by atoms with van der Waals surface area (Å²) in [4.78, 5) is 17.7. The summed E-state index contributed by atoms with van der Waals surface area (Å²) in [6.45, 7) is 0. The van der Waals surface area contributed by atoms with Crippen molar-refractivity contribution in [1.82, 2.24) is 9.38 Å². The molecule has 4 rings (SSSR count). The second-order valence-electron chi connectivity index (χ2n) is 5.97. The predicted molar refractivity (Wildman–Crippen MR) is 104 cm³/mol. The van der Waals surface area contributed by atoms with Gasteiger partial charge in [-0.1, -0.05) is 30.3 Å². The molecule has 130 valence electrons. The SMILES string of the molecule is O=C(CCc1ccccc1O)Nc1ccc(-c2cn3ccsc3n2)cc1. The monoisotopic (exact) mass is 363 g/mol. The Bertz CT molecular complexity index is 1020. The number of aromatic nitrogens is 2. The number of phenols is 1. The van der Waals surface area contributed by atoms with Crippen LogP contribution in [-0.4, -0.2) is 20.4 Å². The first-order valence-electron chi connectivity index (χ1n) is 8.28. The van der Waals surface area contributed by atoms with Crippen molar-refractivity contribution in [3.05, 3.63) is 71.9 Å². The van der Waals surface area contributed by atoms with E-state index in [2.05, 4.69) is 10.3 Å². The fraction of sp³-hybridized carbons (Fsp3) is 0.100. The highest BCUT2D eigenvalue weighted by Crippen LogP contribution is 2.23. The molecule has 1 amide bonds. The van der Waals surface area contributed by atoms with E-state index < -0.39 is 0 Å². The molecular weight excluding hydrogens is 346 g/mol. The molecule has 0 spiro atoms. The van der Waals surface area contributed by atoms with Crippen molar-refractivity contribution in [3.8, 4) is 17.0 Å². The largest absolute Gasteiger partial charge is 0.508 e. The minimum atomic E-state index is -0.0801. The summed E-state index contributed by atoms with van der Waals surface area (Å²) in [7, 11) is 0. The van der Waals surface area contributed by atoms with Crippen molar-refractivity contribution in [2.24, 2.45) is 0 Å². The lowest BCUT2D eigenvalue weighted by molar-refractivity contribution is -0.116. The first kappa shape index (κ1) is 16.4. The van der Waals surface area contributed by atoms with Gasteiger partial charge in [0.15, 0.2) is 4.96 Å². The lowest BCUT2D eigenvalue weighted by Gasteiger charge is -2.07. The van der Waals surface area contributed by atoms with Crippen LogP contribution in [0.3, 0.4) is 0 Å². The molecule has 5 nitrogen and oxygen atoms in total. The molecule has 0 aliphatic heterocycles. The predicted octanol–water partition coefficient (Wildman–Crippen LogP) is 4.34. The molecule has 2 N–H and O–H groups in total. The molecule has 0 atom stereocenters. The van der Waals surface area contributed by atoms with E-state index in [1.54, 1.807) is 23.5 Å². The summed E-state index contributed by atoms with van der Waals surface area (Å²) >= 11 is 1.60. The van der Waals surface area contributed by atoms with Crippen LogP contribution in [0.1, 0.15) is 12.0 Å². The Morgan fingerprint density at radius 1 is 1.15 bits per heavy atom. The zero-order chi connectivity index (χ0) is 17.9. The smallest absolute Gasteiger partial charge is 0.224 e. The summed E-state index contributed by atoms with van der Waals surface area (Å²) in [5.74, 6) is 0.146. The minimum absolute atomic E-state index is 0.0801. The van der Waals surface area contributed by atoms with Crippen molar-refractivity contribution in [2.45, 2.75) is 12.8 Å². The number of carbonyl (C=O) groups is 1. The summed E-state index contributed by atoms with van der Waals surface area (Å²) in [6, 6.07) is 14.7. The molecule has 4 aromatic rings. The van der Waals surface area contributed by atoms with Crippen LogP contribution in [0, 0.1) is 0 Å². The zero-order valence-corrected chi connectivity index (χ0v) is 14.7. The summed E-state index contributed by atoms with van der Waals surface area (Å²) in [5, 5.41) is 14.6. The van der Waals surface area contributed by atoms with Crippen LogP contribution in [0.2, 0.25) is 0 Å². The van der Waals surface area contributed by atoms with Gasteiger partial charge >= 0.3 is 0 Å². The third-order valence-corrected chi connectivity index (χ3v) is 4.94. The molecule has 26 heavy (non-hydrogen) atoms. The van der Waals surface area contributed by atoms with Gasteiger partial charge < -0.3 is 10.4 Å². The molecule has 0 unspecified atom stereocenters. The van der Waals surface area contributed by atoms with Gasteiger partial charge in [0.1, 0.15) is 5.75 Å². The van der Waals surface area contributed by atoms with Gasteiger partial charge in [0.25, 0.3) is 0 Å². The van der Waals surface area contributed by atoms with Gasteiger partial charge in [-0.2, -0.15) is 0 Å². The number of thiazole rings is 1. The number of nitrogens with zero attached hydrogens (tertiary/aromatic N) is 2. The van der Waals surface area contributed by atoms with Crippen molar-refractivity contribution in [2.75, 3.05) is 5.32 Å². The second kappa shape index (κ2) is 7.01. The van der Waals surface area contributed by atoms with Crippen LogP contribution in [0.25, 0.3) is 16.2 Å². The standard InChI is InChI=1S/C20H17N3O2S/c24-18-4-2-1-3-15(18)7-10-19(25)21-16-8-5-14(6-9-16)17-13-23-11-12-26-20(23)22-17/h1-6,8-9,11-13,24H,7,10H2,(H,21,25). The average molecular weight is 363 g/mol. The number of imidazole rings is 1. The number of amides is 1. The van der Waals surface area contributed by atoms with Crippen LogP contribution < -0.4 is 5.32 Å². The van der Waals surface area contributed by atoms with Gasteiger partial charge in [-0.3, -0.25) is 9.20 Å². The van der Waals surface area contributed by atoms with Crippen LogP contribution in [-0.2, 0) is 11.2 Å². The van der Waals surface area contributed by atoms with E-state index >= 15 is 0 Å². The average Bonchev–Trinajstić information content (AvgIpc) is 3.24. The molecule has 2 heterocycles. The number of anilines is 1. The fourth-order valence-corrected chi connectivity index (χ4v) is 3.48. The molecule has 0 fully saturated rings. The van der Waals surface area contributed by atoms with Crippen LogP contribution >= 0.6 is 11.3 Å². The topological polar surface area (TPSA) is 66.6 Å². The maximum absolute atomic E-state index is 12.1. The van der Waals surface area contributed by atoms with Crippen LogP contribution in [0.15, 0.2) is 66.3 Å². The number of aryl methyl sites for hydroxylation is 1. The lowest BCUT2D eigenvalue weighted by atomic mass is 10.1. The molecule has 0 aliphatic carbocycles. The lowest BCUT2D eigenvalue weighted by Crippen LogP contribution is -2.12. The highest BCUT2D eigenvalue weighted by atomic mass is 32.1. The highest BCUT2D eigenvalue weighted by molar-refractivity contribution is 7.15. The Morgan fingerprint density at radius 2 is 1.96 bits per heavy atom. The molecule has 0 bridgehead atoms. The van der Waals surface area contributed by atoms with E-state index in [0.717, 1.165) is 27.5 Å². The maximum Gasteiger partial charge on any atom is 0.224 e. The number of para-hydroxylation sites is 1. The van der Waals surface area contributed by atoms with Gasteiger partial charge in [-0.15, -0.1) is 11.3 Å². The number of nitrogens with one attached hydrogen (secondary N) is 1. The summed E-state index contributed by atoms with van der Waals surface area (Å²) < 4.78 is 1.99. The van der Waals surface area contributed by atoms with E-state index in [1.807, 2.05) is 58.6 Å². The van der Waals surface area contributed by atoms with Crippen molar-refractivity contribution in [3.63, 3.8) is 0 Å². The normalized spacial score (nSPS) is 10.9. The van der Waals surface area contributed by atoms with Gasteiger partial charge in [0.05, 0.1) is 5.69 Å². The molecule has 2 aromatic heterocycles. The number of rotatable bonds is 5. The molecule has 0 saturated heterocycles. The fourth-order valence-electron chi connectivity index (χ4n) is 2.78. The number of carbonyl (C=O) groups excluding carboxylic acids is 1. The summed E-state index contributed by atoms with van der Waals surface area (Å²) in [5.41, 5.74) is 3.44. The Morgan fingerprint density at radius 3 is 2.73 bits per heavy atom. The van der Waals surface area contributed by atoms with Crippen molar-refractivity contribution >= 4 is 27.9 Å². The van der Waals surface area contributed by atoms with E-state index in [1.165, 1.54) is 0 Å².